The Morgan fingerprint density at radius 3 is 2.80 bits per heavy atom. The van der Waals surface area contributed by atoms with E-state index in [1.165, 1.54) is 10.9 Å². The molecule has 0 spiro atoms. The lowest BCUT2D eigenvalue weighted by Gasteiger charge is -1.99. The monoisotopic (exact) mass is 210 g/mol. The van der Waals surface area contributed by atoms with Crippen LogP contribution in [0.15, 0.2) is 12.4 Å². The SMILES string of the molecule is CCC(=O)Nc1cnn(CC(=O)NC)c1. The van der Waals surface area contributed by atoms with Crippen LogP contribution in [-0.2, 0) is 16.1 Å². The van der Waals surface area contributed by atoms with Crippen molar-refractivity contribution in [3.8, 4) is 0 Å². The Hall–Kier alpha value is -1.85. The molecule has 0 saturated heterocycles. The van der Waals surface area contributed by atoms with Gasteiger partial charge in [-0.1, -0.05) is 6.92 Å². The molecule has 0 unspecified atom stereocenters. The van der Waals surface area contributed by atoms with Crippen molar-refractivity contribution in [1.82, 2.24) is 15.1 Å². The van der Waals surface area contributed by atoms with Gasteiger partial charge in [0.1, 0.15) is 6.54 Å². The summed E-state index contributed by atoms with van der Waals surface area (Å²) in [6.07, 6.45) is 3.54. The minimum Gasteiger partial charge on any atom is -0.358 e. The molecule has 0 radical (unpaired) electrons. The van der Waals surface area contributed by atoms with Crippen LogP contribution in [0, 0.1) is 0 Å². The smallest absolute Gasteiger partial charge is 0.241 e. The largest absolute Gasteiger partial charge is 0.358 e. The summed E-state index contributed by atoms with van der Waals surface area (Å²) in [5, 5.41) is 9.07. The van der Waals surface area contributed by atoms with Gasteiger partial charge in [0.15, 0.2) is 0 Å². The summed E-state index contributed by atoms with van der Waals surface area (Å²) < 4.78 is 1.46. The summed E-state index contributed by atoms with van der Waals surface area (Å²) >= 11 is 0. The van der Waals surface area contributed by atoms with E-state index in [4.69, 9.17) is 0 Å². The first-order valence-corrected chi connectivity index (χ1v) is 4.68. The van der Waals surface area contributed by atoms with E-state index in [0.29, 0.717) is 12.1 Å². The van der Waals surface area contributed by atoms with Crippen molar-refractivity contribution in [3.05, 3.63) is 12.4 Å². The van der Waals surface area contributed by atoms with Gasteiger partial charge in [0.2, 0.25) is 11.8 Å². The first kappa shape index (κ1) is 11.2. The second-order valence-corrected chi connectivity index (χ2v) is 3.00. The third-order valence-electron chi connectivity index (χ3n) is 1.82. The van der Waals surface area contributed by atoms with Gasteiger partial charge in [0, 0.05) is 19.7 Å². The van der Waals surface area contributed by atoms with E-state index in [2.05, 4.69) is 15.7 Å². The lowest BCUT2D eigenvalue weighted by Crippen LogP contribution is -2.23. The average molecular weight is 210 g/mol. The van der Waals surface area contributed by atoms with E-state index in [0.717, 1.165) is 0 Å². The molecule has 6 nitrogen and oxygen atoms in total. The maximum atomic E-state index is 11.0. The van der Waals surface area contributed by atoms with E-state index in [1.807, 2.05) is 0 Å². The summed E-state index contributed by atoms with van der Waals surface area (Å²) in [6.45, 7) is 1.92. The Balaban J connectivity index is 2.56. The molecule has 1 aromatic heterocycles. The van der Waals surface area contributed by atoms with Crippen molar-refractivity contribution < 1.29 is 9.59 Å². The molecule has 0 saturated carbocycles. The highest BCUT2D eigenvalue weighted by Crippen LogP contribution is 2.04. The highest BCUT2D eigenvalue weighted by molar-refractivity contribution is 5.90. The molecule has 0 aliphatic carbocycles. The van der Waals surface area contributed by atoms with Crippen LogP contribution < -0.4 is 10.6 Å². The number of hydrogen-bond acceptors (Lipinski definition) is 3. The van der Waals surface area contributed by atoms with E-state index >= 15 is 0 Å². The molecule has 2 N–H and O–H groups in total. The zero-order valence-electron chi connectivity index (χ0n) is 8.78. The number of nitrogens with zero attached hydrogens (tertiary/aromatic N) is 2. The first-order chi connectivity index (χ1) is 7.15. The topological polar surface area (TPSA) is 76.0 Å². The average Bonchev–Trinajstić information content (AvgIpc) is 2.65. The Morgan fingerprint density at radius 2 is 2.20 bits per heavy atom. The maximum Gasteiger partial charge on any atom is 0.241 e. The van der Waals surface area contributed by atoms with Crippen LogP contribution in [-0.4, -0.2) is 28.6 Å². The van der Waals surface area contributed by atoms with Crippen LogP contribution in [0.25, 0.3) is 0 Å². The van der Waals surface area contributed by atoms with Crippen molar-refractivity contribution in [2.75, 3.05) is 12.4 Å². The highest BCUT2D eigenvalue weighted by Gasteiger charge is 2.04. The Bertz CT molecular complexity index is 326. The van der Waals surface area contributed by atoms with Gasteiger partial charge in [-0.3, -0.25) is 14.3 Å². The molecule has 0 bridgehead atoms. The number of carbonyl (C=O) groups is 2. The molecule has 1 aromatic rings. The first-order valence-electron chi connectivity index (χ1n) is 4.68. The Morgan fingerprint density at radius 1 is 1.47 bits per heavy atom. The molecule has 15 heavy (non-hydrogen) atoms. The molecule has 82 valence electrons. The van der Waals surface area contributed by atoms with E-state index in [1.54, 1.807) is 20.2 Å². The zero-order valence-corrected chi connectivity index (χ0v) is 8.78. The minimum atomic E-state index is -0.133. The second-order valence-electron chi connectivity index (χ2n) is 3.00. The van der Waals surface area contributed by atoms with Gasteiger partial charge in [-0.05, 0) is 0 Å². The second kappa shape index (κ2) is 5.14. The standard InChI is InChI=1S/C9H14N4O2/c1-3-8(14)12-7-4-11-13(5-7)6-9(15)10-2/h4-5H,3,6H2,1-2H3,(H,10,15)(H,12,14). The third kappa shape index (κ3) is 3.41. The van der Waals surface area contributed by atoms with Crippen LogP contribution in [0.3, 0.4) is 0 Å². The van der Waals surface area contributed by atoms with Gasteiger partial charge >= 0.3 is 0 Å². The Labute approximate surface area is 87.7 Å². The van der Waals surface area contributed by atoms with Crippen molar-refractivity contribution in [2.45, 2.75) is 19.9 Å². The summed E-state index contributed by atoms with van der Waals surface area (Å²) in [6, 6.07) is 0. The summed E-state index contributed by atoms with van der Waals surface area (Å²) in [7, 11) is 1.56. The molecule has 6 heteroatoms. The van der Waals surface area contributed by atoms with Crippen LogP contribution in [0.2, 0.25) is 0 Å². The van der Waals surface area contributed by atoms with Gasteiger partial charge < -0.3 is 10.6 Å². The fourth-order valence-corrected chi connectivity index (χ4v) is 0.990. The number of likely N-dealkylation sites (N-methyl/N-ethyl adjacent to an activating group) is 1. The normalized spacial score (nSPS) is 9.73. The van der Waals surface area contributed by atoms with E-state index < -0.39 is 0 Å². The molecule has 2 amide bonds. The molecule has 0 aliphatic heterocycles. The molecular formula is C9H14N4O2. The fourth-order valence-electron chi connectivity index (χ4n) is 0.990. The third-order valence-corrected chi connectivity index (χ3v) is 1.82. The fraction of sp³-hybridized carbons (Fsp3) is 0.444. The van der Waals surface area contributed by atoms with Gasteiger partial charge in [0.25, 0.3) is 0 Å². The predicted octanol–water partition coefficient (Wildman–Crippen LogP) is -0.0224. The van der Waals surface area contributed by atoms with Crippen molar-refractivity contribution >= 4 is 17.5 Å². The van der Waals surface area contributed by atoms with Crippen molar-refractivity contribution in [1.29, 1.82) is 0 Å². The predicted molar refractivity (Wildman–Crippen MR) is 55.2 cm³/mol. The lowest BCUT2D eigenvalue weighted by atomic mass is 10.4. The molecule has 0 aromatic carbocycles. The van der Waals surface area contributed by atoms with Gasteiger partial charge in [0.05, 0.1) is 11.9 Å². The quantitative estimate of drug-likeness (QED) is 0.733. The molecule has 0 aliphatic rings. The number of aromatic nitrogens is 2. The number of carbonyl (C=O) groups excluding carboxylic acids is 2. The number of anilines is 1. The summed E-state index contributed by atoms with van der Waals surface area (Å²) in [5.41, 5.74) is 0.603. The zero-order chi connectivity index (χ0) is 11.3. The minimum absolute atomic E-state index is 0.0745. The van der Waals surface area contributed by atoms with E-state index in [9.17, 15) is 9.59 Å². The maximum absolute atomic E-state index is 11.0. The highest BCUT2D eigenvalue weighted by atomic mass is 16.2. The number of rotatable bonds is 4. The van der Waals surface area contributed by atoms with Gasteiger partial charge in [-0.2, -0.15) is 5.10 Å². The molecular weight excluding hydrogens is 196 g/mol. The molecule has 1 rings (SSSR count). The lowest BCUT2D eigenvalue weighted by molar-refractivity contribution is -0.121. The van der Waals surface area contributed by atoms with Crippen LogP contribution in [0.5, 0.6) is 0 Å². The van der Waals surface area contributed by atoms with Gasteiger partial charge in [-0.15, -0.1) is 0 Å². The summed E-state index contributed by atoms with van der Waals surface area (Å²) in [4.78, 5) is 22.1. The Kier molecular flexibility index (Phi) is 3.84. The van der Waals surface area contributed by atoms with Crippen LogP contribution in [0.4, 0.5) is 5.69 Å². The summed E-state index contributed by atoms with van der Waals surface area (Å²) in [5.74, 6) is -0.207. The van der Waals surface area contributed by atoms with Crippen molar-refractivity contribution in [3.63, 3.8) is 0 Å². The number of nitrogens with one attached hydrogen (secondary N) is 2. The number of amides is 2. The van der Waals surface area contributed by atoms with E-state index in [-0.39, 0.29) is 18.4 Å². The molecule has 1 heterocycles. The van der Waals surface area contributed by atoms with Crippen molar-refractivity contribution in [2.24, 2.45) is 0 Å². The molecule has 0 atom stereocenters. The van der Waals surface area contributed by atoms with Gasteiger partial charge in [-0.25, -0.2) is 0 Å². The number of hydrogen-bond donors (Lipinski definition) is 2. The van der Waals surface area contributed by atoms with Crippen LogP contribution >= 0.6 is 0 Å². The van der Waals surface area contributed by atoms with Crippen LogP contribution in [0.1, 0.15) is 13.3 Å². The molecule has 0 fully saturated rings.